The summed E-state index contributed by atoms with van der Waals surface area (Å²) < 4.78 is 0. The Morgan fingerprint density at radius 1 is 0.762 bits per heavy atom. The van der Waals surface area contributed by atoms with Crippen LogP contribution < -0.4 is 0 Å². The van der Waals surface area contributed by atoms with E-state index in [4.69, 9.17) is 10.2 Å². The minimum Gasteiger partial charge on any atom is -0.481 e. The van der Waals surface area contributed by atoms with Crippen molar-refractivity contribution in [3.05, 3.63) is 0 Å². The average Bonchev–Trinajstić information content (AvgIpc) is 2.49. The van der Waals surface area contributed by atoms with Gasteiger partial charge in [0, 0.05) is 6.61 Å². The van der Waals surface area contributed by atoms with Gasteiger partial charge in [0.15, 0.2) is 0 Å². The first-order valence-corrected chi connectivity index (χ1v) is 9.69. The molecule has 128 valence electrons. The van der Waals surface area contributed by atoms with Crippen LogP contribution >= 0.6 is 15.9 Å². The third-order valence-electron chi connectivity index (χ3n) is 3.38. The van der Waals surface area contributed by atoms with Gasteiger partial charge in [0.2, 0.25) is 0 Å². The molecule has 0 radical (unpaired) electrons. The molecule has 0 fully saturated rings. The van der Waals surface area contributed by atoms with Gasteiger partial charge in [0.1, 0.15) is 5.33 Å². The second kappa shape index (κ2) is 22.2. The number of rotatable bonds is 14. The van der Waals surface area contributed by atoms with Crippen LogP contribution in [0.2, 0.25) is 0 Å². The predicted octanol–water partition coefficient (Wildman–Crippen LogP) is 5.54. The molecule has 0 aromatic carbocycles. The largest absolute Gasteiger partial charge is 0.481 e. The molecule has 0 aromatic heterocycles. The van der Waals surface area contributed by atoms with Crippen LogP contribution in [0.4, 0.5) is 0 Å². The normalized spacial score (nSPS) is 10.0. The number of carbonyl (C=O) groups is 1. The van der Waals surface area contributed by atoms with E-state index in [0.29, 0.717) is 6.61 Å². The minimum atomic E-state index is -0.829. The maximum absolute atomic E-state index is 9.32. The zero-order valence-corrected chi connectivity index (χ0v) is 15.4. The van der Waals surface area contributed by atoms with Gasteiger partial charge in [-0.25, -0.2) is 0 Å². The summed E-state index contributed by atoms with van der Waals surface area (Å²) in [6, 6.07) is 0. The van der Waals surface area contributed by atoms with Gasteiger partial charge in [-0.15, -0.1) is 0 Å². The van der Waals surface area contributed by atoms with Crippen molar-refractivity contribution in [2.75, 3.05) is 11.9 Å². The summed E-state index contributed by atoms with van der Waals surface area (Å²) in [5.74, 6) is -0.829. The third kappa shape index (κ3) is 28.7. The minimum absolute atomic E-state index is 0.0347. The molecule has 0 atom stereocenters. The van der Waals surface area contributed by atoms with Gasteiger partial charge in [-0.1, -0.05) is 99.9 Å². The Morgan fingerprint density at radius 2 is 1.05 bits per heavy atom. The Hall–Kier alpha value is -0.0900. The second-order valence-electron chi connectivity index (χ2n) is 5.49. The molecule has 3 nitrogen and oxygen atoms in total. The zero-order chi connectivity index (χ0) is 16.2. The first kappa shape index (κ1) is 23.2. The van der Waals surface area contributed by atoms with E-state index >= 15 is 0 Å². The lowest BCUT2D eigenvalue weighted by Crippen LogP contribution is -1.92. The molecular formula is C17H35BrO3. The van der Waals surface area contributed by atoms with Crippen molar-refractivity contribution in [3.8, 4) is 0 Å². The Morgan fingerprint density at radius 3 is 1.29 bits per heavy atom. The number of halogens is 1. The lowest BCUT2D eigenvalue weighted by atomic mass is 10.0. The first-order chi connectivity index (χ1) is 10.2. The van der Waals surface area contributed by atoms with Crippen LogP contribution in [0, 0.1) is 0 Å². The summed E-state index contributed by atoms with van der Waals surface area (Å²) in [4.78, 5) is 9.32. The van der Waals surface area contributed by atoms with E-state index < -0.39 is 5.97 Å². The van der Waals surface area contributed by atoms with Gasteiger partial charge in [0.05, 0.1) is 0 Å². The molecule has 0 saturated heterocycles. The van der Waals surface area contributed by atoms with Crippen molar-refractivity contribution < 1.29 is 15.0 Å². The number of aliphatic hydroxyl groups is 1. The maximum atomic E-state index is 9.32. The van der Waals surface area contributed by atoms with Crippen LogP contribution in [0.1, 0.15) is 90.4 Å². The number of carboxylic acid groups (broad SMARTS) is 1. The van der Waals surface area contributed by atoms with Gasteiger partial charge in [-0.2, -0.15) is 0 Å². The van der Waals surface area contributed by atoms with Crippen molar-refractivity contribution in [3.63, 3.8) is 0 Å². The van der Waals surface area contributed by atoms with Gasteiger partial charge >= 0.3 is 5.97 Å². The number of carboxylic acids is 1. The van der Waals surface area contributed by atoms with Gasteiger partial charge in [-0.05, 0) is 6.42 Å². The van der Waals surface area contributed by atoms with E-state index in [1.165, 1.54) is 77.0 Å². The van der Waals surface area contributed by atoms with Crippen LogP contribution in [0.25, 0.3) is 0 Å². The van der Waals surface area contributed by atoms with E-state index in [1.807, 2.05) is 0 Å². The van der Waals surface area contributed by atoms with Crippen molar-refractivity contribution in [1.29, 1.82) is 0 Å². The SMILES string of the molecule is CCCCCCCCCCCCCCCO.O=C(O)CBr. The lowest BCUT2D eigenvalue weighted by Gasteiger charge is -2.02. The number of hydrogen-bond donors (Lipinski definition) is 2. The fraction of sp³-hybridized carbons (Fsp3) is 0.941. The quantitative estimate of drug-likeness (QED) is 0.313. The van der Waals surface area contributed by atoms with Crippen LogP contribution in [0.5, 0.6) is 0 Å². The molecule has 0 amide bonds. The molecule has 0 saturated carbocycles. The molecule has 0 aliphatic heterocycles. The van der Waals surface area contributed by atoms with E-state index in [9.17, 15) is 4.79 Å². The average molecular weight is 367 g/mol. The topological polar surface area (TPSA) is 57.5 Å². The summed E-state index contributed by atoms with van der Waals surface area (Å²) in [6.07, 6.45) is 17.7. The van der Waals surface area contributed by atoms with E-state index in [0.717, 1.165) is 6.42 Å². The number of hydrogen-bond acceptors (Lipinski definition) is 2. The van der Waals surface area contributed by atoms with E-state index in [1.54, 1.807) is 0 Å². The lowest BCUT2D eigenvalue weighted by molar-refractivity contribution is -0.133. The molecule has 0 rings (SSSR count). The molecule has 0 aliphatic rings. The van der Waals surface area contributed by atoms with Crippen molar-refractivity contribution in [1.82, 2.24) is 0 Å². The van der Waals surface area contributed by atoms with Gasteiger partial charge in [0.25, 0.3) is 0 Å². The Kier molecular flexibility index (Phi) is 24.5. The fourth-order valence-electron chi connectivity index (χ4n) is 2.13. The van der Waals surface area contributed by atoms with Gasteiger partial charge in [-0.3, -0.25) is 4.79 Å². The molecule has 0 aliphatic carbocycles. The van der Waals surface area contributed by atoms with Crippen molar-refractivity contribution >= 4 is 21.9 Å². The molecule has 2 N–H and O–H groups in total. The highest BCUT2D eigenvalue weighted by Crippen LogP contribution is 2.12. The van der Waals surface area contributed by atoms with E-state index in [2.05, 4.69) is 22.9 Å². The monoisotopic (exact) mass is 366 g/mol. The highest BCUT2D eigenvalue weighted by molar-refractivity contribution is 9.09. The highest BCUT2D eigenvalue weighted by Gasteiger charge is 1.93. The number of aliphatic carboxylic acids is 1. The fourth-order valence-corrected chi connectivity index (χ4v) is 2.13. The van der Waals surface area contributed by atoms with Crippen molar-refractivity contribution in [2.45, 2.75) is 90.4 Å². The molecule has 0 spiro atoms. The molecule has 0 bridgehead atoms. The zero-order valence-electron chi connectivity index (χ0n) is 13.8. The third-order valence-corrected chi connectivity index (χ3v) is 3.86. The molecule has 0 heterocycles. The molecule has 0 aromatic rings. The second-order valence-corrected chi connectivity index (χ2v) is 6.05. The van der Waals surface area contributed by atoms with E-state index in [-0.39, 0.29) is 5.33 Å². The Labute approximate surface area is 139 Å². The smallest absolute Gasteiger partial charge is 0.314 e. The van der Waals surface area contributed by atoms with Crippen LogP contribution in [0.3, 0.4) is 0 Å². The molecule has 0 unspecified atom stereocenters. The first-order valence-electron chi connectivity index (χ1n) is 8.57. The van der Waals surface area contributed by atoms with Crippen LogP contribution in [-0.4, -0.2) is 28.1 Å². The summed E-state index contributed by atoms with van der Waals surface area (Å²) in [7, 11) is 0. The van der Waals surface area contributed by atoms with Crippen LogP contribution in [0.15, 0.2) is 0 Å². The molecule has 4 heteroatoms. The Bertz CT molecular complexity index is 184. The van der Waals surface area contributed by atoms with Crippen LogP contribution in [-0.2, 0) is 4.79 Å². The summed E-state index contributed by atoms with van der Waals surface area (Å²) in [6.45, 7) is 2.65. The van der Waals surface area contributed by atoms with Gasteiger partial charge < -0.3 is 10.2 Å². The Balaban J connectivity index is 0. The molecular weight excluding hydrogens is 332 g/mol. The molecule has 21 heavy (non-hydrogen) atoms. The summed E-state index contributed by atoms with van der Waals surface area (Å²) in [5, 5.41) is 16.3. The standard InChI is InChI=1S/C15H32O.C2H3BrO2/c1-2-3-4-5-6-7-8-9-10-11-12-13-14-15-16;3-1-2(4)5/h16H,2-15H2,1H3;1H2,(H,4,5). The number of unbranched alkanes of at least 4 members (excludes halogenated alkanes) is 12. The highest BCUT2D eigenvalue weighted by atomic mass is 79.9. The predicted molar refractivity (Wildman–Crippen MR) is 94.2 cm³/mol. The van der Waals surface area contributed by atoms with Crippen molar-refractivity contribution in [2.24, 2.45) is 0 Å². The maximum Gasteiger partial charge on any atom is 0.314 e. The summed E-state index contributed by atoms with van der Waals surface area (Å²) in [5.41, 5.74) is 0. The summed E-state index contributed by atoms with van der Waals surface area (Å²) >= 11 is 2.71. The number of alkyl halides is 1. The number of aliphatic hydroxyl groups excluding tert-OH is 1.